The lowest BCUT2D eigenvalue weighted by Gasteiger charge is -2.20. The molecule has 0 heterocycles. The van der Waals surface area contributed by atoms with Gasteiger partial charge in [-0.3, -0.25) is 4.79 Å². The Labute approximate surface area is 186 Å². The Kier molecular flexibility index (Phi) is 10.3. The molecular weight excluding hydrogens is 393 g/mol. The first-order chi connectivity index (χ1) is 15.0. The molecule has 0 aliphatic carbocycles. The van der Waals surface area contributed by atoms with E-state index in [0.717, 1.165) is 44.5 Å². The Morgan fingerprint density at radius 3 is 2.52 bits per heavy atom. The minimum atomic E-state index is -0.356. The second-order valence-electron chi connectivity index (χ2n) is 7.80. The van der Waals surface area contributed by atoms with Gasteiger partial charge in [0.2, 0.25) is 0 Å². The average Bonchev–Trinajstić information content (AvgIpc) is 2.80. The van der Waals surface area contributed by atoms with Crippen molar-refractivity contribution >= 4 is 17.3 Å². The molecule has 0 fully saturated rings. The third kappa shape index (κ3) is 7.55. The Hall–Kier alpha value is -2.60. The standard InChI is InChI=1S/C25H36FN3O2/c1-5-16-31-22-12-9-20(10-13-22)25(30)29(4)21-11-14-24(23(26)17-21)28-18-19(6-2)8-7-15-27-3/h9-14,17,19,27-28H,5-8,15-16,18H2,1-4H3. The third-order valence-electron chi connectivity index (χ3n) is 5.42. The number of benzene rings is 2. The Morgan fingerprint density at radius 2 is 1.90 bits per heavy atom. The van der Waals surface area contributed by atoms with Crippen LogP contribution in [0.5, 0.6) is 5.75 Å². The smallest absolute Gasteiger partial charge is 0.258 e. The number of nitrogens with one attached hydrogen (secondary N) is 2. The van der Waals surface area contributed by atoms with Gasteiger partial charge in [0.1, 0.15) is 11.6 Å². The van der Waals surface area contributed by atoms with Gasteiger partial charge < -0.3 is 20.3 Å². The molecule has 0 aliphatic rings. The normalized spacial score (nSPS) is 11.8. The topological polar surface area (TPSA) is 53.6 Å². The van der Waals surface area contributed by atoms with Crippen LogP contribution in [0.15, 0.2) is 42.5 Å². The minimum absolute atomic E-state index is 0.197. The van der Waals surface area contributed by atoms with Gasteiger partial charge in [-0.15, -0.1) is 0 Å². The number of ether oxygens (including phenoxy) is 1. The van der Waals surface area contributed by atoms with E-state index in [1.54, 1.807) is 43.4 Å². The van der Waals surface area contributed by atoms with Crippen LogP contribution in [0.25, 0.3) is 0 Å². The number of hydrogen-bond donors (Lipinski definition) is 2. The molecule has 2 rings (SSSR count). The van der Waals surface area contributed by atoms with Crippen molar-refractivity contribution in [3.63, 3.8) is 0 Å². The first-order valence-electron chi connectivity index (χ1n) is 11.2. The number of amides is 1. The summed E-state index contributed by atoms with van der Waals surface area (Å²) in [5.41, 5.74) is 1.51. The fourth-order valence-corrected chi connectivity index (χ4v) is 3.35. The average molecular weight is 430 g/mol. The van der Waals surface area contributed by atoms with Crippen LogP contribution in [0, 0.1) is 11.7 Å². The van der Waals surface area contributed by atoms with Gasteiger partial charge in [-0.25, -0.2) is 4.39 Å². The van der Waals surface area contributed by atoms with E-state index in [0.29, 0.717) is 29.5 Å². The highest BCUT2D eigenvalue weighted by molar-refractivity contribution is 6.05. The van der Waals surface area contributed by atoms with E-state index in [9.17, 15) is 9.18 Å². The van der Waals surface area contributed by atoms with Gasteiger partial charge in [0, 0.05) is 24.8 Å². The summed E-state index contributed by atoms with van der Waals surface area (Å²) in [5.74, 6) is 0.683. The fraction of sp³-hybridized carbons (Fsp3) is 0.480. The van der Waals surface area contributed by atoms with Crippen LogP contribution in [0.2, 0.25) is 0 Å². The van der Waals surface area contributed by atoms with E-state index >= 15 is 0 Å². The molecule has 1 unspecified atom stereocenters. The molecule has 2 aromatic rings. The zero-order valence-electron chi connectivity index (χ0n) is 19.2. The molecule has 0 saturated carbocycles. The predicted octanol–water partition coefficient (Wildman–Crippen LogP) is 5.33. The number of rotatable bonds is 13. The minimum Gasteiger partial charge on any atom is -0.494 e. The zero-order chi connectivity index (χ0) is 22.6. The second-order valence-corrected chi connectivity index (χ2v) is 7.80. The summed E-state index contributed by atoms with van der Waals surface area (Å²) in [6.45, 7) is 6.57. The first kappa shape index (κ1) is 24.7. The SMILES string of the molecule is CCCOc1ccc(C(=O)N(C)c2ccc(NCC(CC)CCCNC)c(F)c2)cc1. The molecule has 0 aliphatic heterocycles. The van der Waals surface area contributed by atoms with Crippen LogP contribution < -0.4 is 20.3 Å². The fourth-order valence-electron chi connectivity index (χ4n) is 3.35. The molecular formula is C25H36FN3O2. The van der Waals surface area contributed by atoms with Crippen molar-refractivity contribution in [2.24, 2.45) is 5.92 Å². The van der Waals surface area contributed by atoms with Gasteiger partial charge in [0.25, 0.3) is 5.91 Å². The van der Waals surface area contributed by atoms with Crippen LogP contribution in [0.3, 0.4) is 0 Å². The summed E-state index contributed by atoms with van der Waals surface area (Å²) in [6.07, 6.45) is 4.19. The highest BCUT2D eigenvalue weighted by Crippen LogP contribution is 2.24. The number of halogens is 1. The largest absolute Gasteiger partial charge is 0.494 e. The van der Waals surface area contributed by atoms with Crippen molar-refractivity contribution in [2.45, 2.75) is 39.5 Å². The quantitative estimate of drug-likeness (QED) is 0.423. The van der Waals surface area contributed by atoms with E-state index < -0.39 is 0 Å². The second kappa shape index (κ2) is 13.0. The molecule has 5 nitrogen and oxygen atoms in total. The van der Waals surface area contributed by atoms with E-state index in [4.69, 9.17) is 4.74 Å². The molecule has 1 atom stereocenters. The first-order valence-corrected chi connectivity index (χ1v) is 11.2. The van der Waals surface area contributed by atoms with Gasteiger partial charge in [0.05, 0.1) is 12.3 Å². The van der Waals surface area contributed by atoms with Crippen molar-refractivity contribution in [3.8, 4) is 5.75 Å². The van der Waals surface area contributed by atoms with Crippen LogP contribution in [0.1, 0.15) is 49.9 Å². The number of anilines is 2. The summed E-state index contributed by atoms with van der Waals surface area (Å²) < 4.78 is 20.2. The lowest BCUT2D eigenvalue weighted by molar-refractivity contribution is 0.0993. The molecule has 0 aromatic heterocycles. The molecule has 0 saturated heterocycles. The molecule has 2 aromatic carbocycles. The van der Waals surface area contributed by atoms with E-state index in [1.165, 1.54) is 11.0 Å². The number of hydrogen-bond acceptors (Lipinski definition) is 4. The Morgan fingerprint density at radius 1 is 1.16 bits per heavy atom. The van der Waals surface area contributed by atoms with Crippen molar-refractivity contribution in [3.05, 3.63) is 53.8 Å². The number of nitrogens with zero attached hydrogens (tertiary/aromatic N) is 1. The van der Waals surface area contributed by atoms with Crippen LogP contribution in [0.4, 0.5) is 15.8 Å². The summed E-state index contributed by atoms with van der Waals surface area (Å²) >= 11 is 0. The molecule has 2 N–H and O–H groups in total. The monoisotopic (exact) mass is 429 g/mol. The molecule has 170 valence electrons. The number of carbonyl (C=O) groups excluding carboxylic acids is 1. The molecule has 31 heavy (non-hydrogen) atoms. The van der Waals surface area contributed by atoms with Crippen molar-refractivity contribution in [1.29, 1.82) is 0 Å². The van der Waals surface area contributed by atoms with Gasteiger partial charge in [-0.05, 0) is 81.2 Å². The summed E-state index contributed by atoms with van der Waals surface area (Å²) in [7, 11) is 3.61. The Bertz CT molecular complexity index is 811. The van der Waals surface area contributed by atoms with Gasteiger partial charge in [0.15, 0.2) is 0 Å². The third-order valence-corrected chi connectivity index (χ3v) is 5.42. The van der Waals surface area contributed by atoms with E-state index in [2.05, 4.69) is 17.6 Å². The maximum Gasteiger partial charge on any atom is 0.258 e. The maximum atomic E-state index is 14.7. The lowest BCUT2D eigenvalue weighted by Crippen LogP contribution is -2.26. The Balaban J connectivity index is 1.98. The summed E-state index contributed by atoms with van der Waals surface area (Å²) in [5, 5.41) is 6.39. The van der Waals surface area contributed by atoms with Crippen LogP contribution in [-0.2, 0) is 0 Å². The van der Waals surface area contributed by atoms with Gasteiger partial charge in [-0.1, -0.05) is 20.3 Å². The van der Waals surface area contributed by atoms with Gasteiger partial charge >= 0.3 is 0 Å². The maximum absolute atomic E-state index is 14.7. The van der Waals surface area contributed by atoms with Crippen LogP contribution >= 0.6 is 0 Å². The van der Waals surface area contributed by atoms with Crippen LogP contribution in [-0.4, -0.2) is 39.7 Å². The predicted molar refractivity (Wildman–Crippen MR) is 127 cm³/mol. The zero-order valence-corrected chi connectivity index (χ0v) is 19.2. The lowest BCUT2D eigenvalue weighted by atomic mass is 10.00. The highest BCUT2D eigenvalue weighted by Gasteiger charge is 2.16. The van der Waals surface area contributed by atoms with Gasteiger partial charge in [-0.2, -0.15) is 0 Å². The number of carbonyl (C=O) groups is 1. The highest BCUT2D eigenvalue weighted by atomic mass is 19.1. The molecule has 0 spiro atoms. The molecule has 6 heteroatoms. The van der Waals surface area contributed by atoms with Crippen molar-refractivity contribution in [1.82, 2.24) is 5.32 Å². The van der Waals surface area contributed by atoms with E-state index in [1.807, 2.05) is 14.0 Å². The van der Waals surface area contributed by atoms with E-state index in [-0.39, 0.29) is 11.7 Å². The molecule has 0 bridgehead atoms. The van der Waals surface area contributed by atoms with Crippen molar-refractivity contribution < 1.29 is 13.9 Å². The summed E-state index contributed by atoms with van der Waals surface area (Å²) in [4.78, 5) is 14.2. The molecule has 0 radical (unpaired) electrons. The molecule has 1 amide bonds. The summed E-state index contributed by atoms with van der Waals surface area (Å²) in [6, 6.07) is 11.9. The van der Waals surface area contributed by atoms with Crippen molar-refractivity contribution in [2.75, 3.05) is 44.0 Å².